The van der Waals surface area contributed by atoms with E-state index in [-0.39, 0.29) is 22.0 Å². The van der Waals surface area contributed by atoms with Crippen molar-refractivity contribution in [1.82, 2.24) is 9.78 Å². The number of aldehydes is 1. The minimum Gasteiger partial charge on any atom is -0.298 e. The number of hydrogen-bond donors (Lipinski definition) is 0. The van der Waals surface area contributed by atoms with E-state index in [0.29, 0.717) is 0 Å². The largest absolute Gasteiger partial charge is 0.435 e. The topological polar surface area (TPSA) is 34.9 Å². The van der Waals surface area contributed by atoms with Gasteiger partial charge in [-0.05, 0) is 18.2 Å². The van der Waals surface area contributed by atoms with Crippen molar-refractivity contribution in [2.24, 2.45) is 0 Å². The number of alkyl halides is 3. The fourth-order valence-corrected chi connectivity index (χ4v) is 2.01. The standard InChI is InChI=1S/C11H5Cl2F3N2O/c12-7-1-8(13)3-9(2-7)18-4-6(5-19)10(17-18)11(14,15)16/h1-5H. The highest BCUT2D eigenvalue weighted by molar-refractivity contribution is 6.34. The van der Waals surface area contributed by atoms with Gasteiger partial charge in [0.25, 0.3) is 0 Å². The molecule has 0 spiro atoms. The van der Waals surface area contributed by atoms with Crippen molar-refractivity contribution in [3.8, 4) is 5.69 Å². The zero-order valence-corrected chi connectivity index (χ0v) is 10.6. The van der Waals surface area contributed by atoms with E-state index >= 15 is 0 Å². The monoisotopic (exact) mass is 308 g/mol. The molecule has 3 nitrogen and oxygen atoms in total. The van der Waals surface area contributed by atoms with Gasteiger partial charge in [-0.1, -0.05) is 23.2 Å². The molecule has 1 aromatic carbocycles. The molecule has 0 N–H and O–H groups in total. The second-order valence-corrected chi connectivity index (χ2v) is 4.49. The summed E-state index contributed by atoms with van der Waals surface area (Å²) >= 11 is 11.5. The van der Waals surface area contributed by atoms with E-state index in [1.807, 2.05) is 0 Å². The normalized spacial score (nSPS) is 11.6. The molecule has 0 saturated carbocycles. The van der Waals surface area contributed by atoms with Gasteiger partial charge in [0.1, 0.15) is 0 Å². The summed E-state index contributed by atoms with van der Waals surface area (Å²) in [5, 5.41) is 3.85. The Bertz CT molecular complexity index is 617. The molecule has 0 saturated heterocycles. The Balaban J connectivity index is 2.58. The molecular formula is C11H5Cl2F3N2O. The van der Waals surface area contributed by atoms with Gasteiger partial charge in [0.15, 0.2) is 12.0 Å². The quantitative estimate of drug-likeness (QED) is 0.786. The zero-order chi connectivity index (χ0) is 14.2. The fraction of sp³-hybridized carbons (Fsp3) is 0.0909. The maximum absolute atomic E-state index is 12.6. The smallest absolute Gasteiger partial charge is 0.298 e. The summed E-state index contributed by atoms with van der Waals surface area (Å²) in [4.78, 5) is 10.6. The summed E-state index contributed by atoms with van der Waals surface area (Å²) in [6.45, 7) is 0. The number of rotatable bonds is 2. The molecular weight excluding hydrogens is 304 g/mol. The number of carbonyl (C=O) groups is 1. The lowest BCUT2D eigenvalue weighted by Crippen LogP contribution is -2.09. The Labute approximate surface area is 115 Å². The second-order valence-electron chi connectivity index (χ2n) is 3.62. The average molecular weight is 309 g/mol. The molecule has 0 amide bonds. The van der Waals surface area contributed by atoms with Crippen molar-refractivity contribution in [1.29, 1.82) is 0 Å². The SMILES string of the molecule is O=Cc1cn(-c2cc(Cl)cc(Cl)c2)nc1C(F)(F)F. The van der Waals surface area contributed by atoms with E-state index in [1.165, 1.54) is 18.2 Å². The van der Waals surface area contributed by atoms with Gasteiger partial charge in [-0.25, -0.2) is 4.68 Å². The molecule has 1 heterocycles. The second kappa shape index (κ2) is 4.86. The van der Waals surface area contributed by atoms with Crippen molar-refractivity contribution in [3.05, 3.63) is 45.7 Å². The first-order valence-corrected chi connectivity index (χ1v) is 5.65. The van der Waals surface area contributed by atoms with Crippen LogP contribution in [-0.2, 0) is 6.18 Å². The van der Waals surface area contributed by atoms with Gasteiger partial charge in [-0.15, -0.1) is 0 Å². The van der Waals surface area contributed by atoms with E-state index < -0.39 is 17.4 Å². The Kier molecular flexibility index (Phi) is 3.56. The summed E-state index contributed by atoms with van der Waals surface area (Å²) in [7, 11) is 0. The molecule has 0 aliphatic heterocycles. The summed E-state index contributed by atoms with van der Waals surface area (Å²) in [6, 6.07) is 4.20. The molecule has 2 aromatic rings. The Morgan fingerprint density at radius 2 is 1.74 bits per heavy atom. The third-order valence-corrected chi connectivity index (χ3v) is 2.69. The molecule has 1 aromatic heterocycles. The number of carbonyl (C=O) groups excluding carboxylic acids is 1. The third-order valence-electron chi connectivity index (χ3n) is 2.25. The molecule has 0 unspecified atom stereocenters. The first-order chi connectivity index (χ1) is 8.81. The molecule has 100 valence electrons. The van der Waals surface area contributed by atoms with Crippen LogP contribution in [0.1, 0.15) is 16.1 Å². The van der Waals surface area contributed by atoms with Crippen LogP contribution in [0.5, 0.6) is 0 Å². The predicted octanol–water partition coefficient (Wildman–Crippen LogP) is 4.01. The van der Waals surface area contributed by atoms with E-state index in [0.717, 1.165) is 10.9 Å². The number of aromatic nitrogens is 2. The van der Waals surface area contributed by atoms with Crippen LogP contribution in [0.2, 0.25) is 10.0 Å². The first kappa shape index (κ1) is 13.9. The van der Waals surface area contributed by atoms with Gasteiger partial charge < -0.3 is 0 Å². The minimum absolute atomic E-state index is 0.0957. The molecule has 0 atom stereocenters. The van der Waals surface area contributed by atoms with Gasteiger partial charge >= 0.3 is 6.18 Å². The highest BCUT2D eigenvalue weighted by atomic mass is 35.5. The Hall–Kier alpha value is -1.53. The summed E-state index contributed by atoms with van der Waals surface area (Å²) < 4.78 is 38.8. The maximum Gasteiger partial charge on any atom is 0.435 e. The lowest BCUT2D eigenvalue weighted by atomic mass is 10.2. The van der Waals surface area contributed by atoms with Crippen molar-refractivity contribution < 1.29 is 18.0 Å². The molecule has 2 rings (SSSR count). The van der Waals surface area contributed by atoms with Crippen LogP contribution in [0.25, 0.3) is 5.69 Å². The summed E-state index contributed by atoms with van der Waals surface area (Å²) in [6.07, 6.45) is -3.64. The van der Waals surface area contributed by atoms with Crippen LogP contribution in [0, 0.1) is 0 Å². The Morgan fingerprint density at radius 1 is 1.16 bits per heavy atom. The molecule has 0 aliphatic rings. The number of nitrogens with zero attached hydrogens (tertiary/aromatic N) is 2. The van der Waals surface area contributed by atoms with Crippen LogP contribution in [0.15, 0.2) is 24.4 Å². The van der Waals surface area contributed by atoms with Gasteiger partial charge in [-0.2, -0.15) is 18.3 Å². The molecule has 0 radical (unpaired) electrons. The zero-order valence-electron chi connectivity index (χ0n) is 9.08. The van der Waals surface area contributed by atoms with E-state index in [9.17, 15) is 18.0 Å². The lowest BCUT2D eigenvalue weighted by molar-refractivity contribution is -0.141. The highest BCUT2D eigenvalue weighted by Crippen LogP contribution is 2.31. The number of hydrogen-bond acceptors (Lipinski definition) is 2. The van der Waals surface area contributed by atoms with Gasteiger partial charge in [0, 0.05) is 16.2 Å². The lowest BCUT2D eigenvalue weighted by Gasteiger charge is -2.04. The van der Waals surface area contributed by atoms with Gasteiger partial charge in [0.2, 0.25) is 0 Å². The van der Waals surface area contributed by atoms with Gasteiger partial charge in [-0.3, -0.25) is 4.79 Å². The van der Waals surface area contributed by atoms with Crippen LogP contribution in [-0.4, -0.2) is 16.1 Å². The number of benzene rings is 1. The molecule has 8 heteroatoms. The average Bonchev–Trinajstić information content (AvgIpc) is 2.71. The van der Waals surface area contributed by atoms with Crippen molar-refractivity contribution in [2.45, 2.75) is 6.18 Å². The fourth-order valence-electron chi connectivity index (χ4n) is 1.50. The van der Waals surface area contributed by atoms with Crippen molar-refractivity contribution in [3.63, 3.8) is 0 Å². The van der Waals surface area contributed by atoms with E-state index in [2.05, 4.69) is 5.10 Å². The first-order valence-electron chi connectivity index (χ1n) is 4.90. The number of halogens is 5. The Morgan fingerprint density at radius 3 is 2.16 bits per heavy atom. The van der Waals surface area contributed by atoms with Gasteiger partial charge in [0.05, 0.1) is 11.3 Å². The van der Waals surface area contributed by atoms with Crippen LogP contribution in [0.3, 0.4) is 0 Å². The van der Waals surface area contributed by atoms with E-state index in [4.69, 9.17) is 23.2 Å². The van der Waals surface area contributed by atoms with Crippen LogP contribution in [0.4, 0.5) is 13.2 Å². The molecule has 0 bridgehead atoms. The minimum atomic E-state index is -4.70. The predicted molar refractivity (Wildman–Crippen MR) is 64.0 cm³/mol. The maximum atomic E-state index is 12.6. The molecule has 0 fully saturated rings. The highest BCUT2D eigenvalue weighted by Gasteiger charge is 2.37. The van der Waals surface area contributed by atoms with Crippen LogP contribution >= 0.6 is 23.2 Å². The summed E-state index contributed by atoms with van der Waals surface area (Å²) in [5.41, 5.74) is -1.57. The van der Waals surface area contributed by atoms with Crippen molar-refractivity contribution in [2.75, 3.05) is 0 Å². The third kappa shape index (κ3) is 2.90. The molecule has 0 aliphatic carbocycles. The van der Waals surface area contributed by atoms with Crippen molar-refractivity contribution >= 4 is 29.5 Å². The van der Waals surface area contributed by atoms with Crippen LogP contribution < -0.4 is 0 Å². The molecule has 19 heavy (non-hydrogen) atoms. The summed E-state index contributed by atoms with van der Waals surface area (Å²) in [5.74, 6) is 0. The van der Waals surface area contributed by atoms with E-state index in [1.54, 1.807) is 0 Å².